The Morgan fingerprint density at radius 2 is 2.36 bits per heavy atom. The number of hydrogen-bond donors (Lipinski definition) is 1. The fourth-order valence-corrected chi connectivity index (χ4v) is 1.82. The third kappa shape index (κ3) is 2.46. The standard InChI is InChI=1S/C10H17N3O/c1-10(2)6-12-9(14)8(4-5-11)13(3)7-10/h8H,4,6-7H2,1-3H3,(H,12,14). The molecule has 1 aliphatic rings. The molecule has 0 bridgehead atoms. The molecule has 1 N–H and O–H groups in total. The molecule has 1 amide bonds. The summed E-state index contributed by atoms with van der Waals surface area (Å²) in [6.07, 6.45) is 0.262. The predicted octanol–water partition coefficient (Wildman–Crippen LogP) is 0.356. The maximum Gasteiger partial charge on any atom is 0.238 e. The van der Waals surface area contributed by atoms with Gasteiger partial charge in [-0.1, -0.05) is 13.8 Å². The largest absolute Gasteiger partial charge is 0.354 e. The summed E-state index contributed by atoms with van der Waals surface area (Å²) in [5.74, 6) is -0.0281. The van der Waals surface area contributed by atoms with Crippen LogP contribution in [0.5, 0.6) is 0 Å². The van der Waals surface area contributed by atoms with Gasteiger partial charge in [-0.2, -0.15) is 5.26 Å². The Hall–Kier alpha value is -1.08. The summed E-state index contributed by atoms with van der Waals surface area (Å²) < 4.78 is 0. The molecule has 1 rings (SSSR count). The molecule has 0 aromatic carbocycles. The van der Waals surface area contributed by atoms with Gasteiger partial charge in [0.15, 0.2) is 0 Å². The monoisotopic (exact) mass is 195 g/mol. The molecule has 4 nitrogen and oxygen atoms in total. The van der Waals surface area contributed by atoms with Gasteiger partial charge in [-0.05, 0) is 12.5 Å². The van der Waals surface area contributed by atoms with Crippen molar-refractivity contribution in [1.29, 1.82) is 5.26 Å². The Kier molecular flexibility index (Phi) is 3.12. The Balaban J connectivity index is 2.77. The number of nitriles is 1. The van der Waals surface area contributed by atoms with E-state index < -0.39 is 0 Å². The SMILES string of the molecule is CN1CC(C)(C)CNC(=O)C1CC#N. The van der Waals surface area contributed by atoms with E-state index in [-0.39, 0.29) is 23.8 Å². The fourth-order valence-electron chi connectivity index (χ4n) is 1.82. The number of carbonyl (C=O) groups is 1. The minimum Gasteiger partial charge on any atom is -0.354 e. The molecule has 0 spiro atoms. The van der Waals surface area contributed by atoms with Crippen molar-refractivity contribution < 1.29 is 4.79 Å². The van der Waals surface area contributed by atoms with Crippen LogP contribution in [0.25, 0.3) is 0 Å². The lowest BCUT2D eigenvalue weighted by Crippen LogP contribution is -2.42. The summed E-state index contributed by atoms with van der Waals surface area (Å²) >= 11 is 0. The lowest BCUT2D eigenvalue weighted by atomic mass is 9.93. The van der Waals surface area contributed by atoms with Crippen molar-refractivity contribution in [1.82, 2.24) is 10.2 Å². The van der Waals surface area contributed by atoms with E-state index in [0.717, 1.165) is 6.54 Å². The number of rotatable bonds is 1. The van der Waals surface area contributed by atoms with Gasteiger partial charge in [0.25, 0.3) is 0 Å². The second kappa shape index (κ2) is 3.97. The van der Waals surface area contributed by atoms with Crippen molar-refractivity contribution in [3.05, 3.63) is 0 Å². The summed E-state index contributed by atoms with van der Waals surface area (Å²) in [5, 5.41) is 11.5. The van der Waals surface area contributed by atoms with Crippen molar-refractivity contribution in [3.63, 3.8) is 0 Å². The van der Waals surface area contributed by atoms with E-state index in [9.17, 15) is 4.79 Å². The maximum atomic E-state index is 11.6. The average Bonchev–Trinajstić information content (AvgIpc) is 2.16. The maximum absolute atomic E-state index is 11.6. The number of hydrogen-bond acceptors (Lipinski definition) is 3. The van der Waals surface area contributed by atoms with Gasteiger partial charge in [0.1, 0.15) is 6.04 Å². The Morgan fingerprint density at radius 3 is 2.93 bits per heavy atom. The molecule has 1 unspecified atom stereocenters. The second-order valence-electron chi connectivity index (χ2n) is 4.68. The van der Waals surface area contributed by atoms with Crippen LogP contribution in [0, 0.1) is 16.7 Å². The highest BCUT2D eigenvalue weighted by Gasteiger charge is 2.32. The van der Waals surface area contributed by atoms with E-state index in [1.54, 1.807) is 0 Å². The normalized spacial score (nSPS) is 27.6. The Morgan fingerprint density at radius 1 is 1.71 bits per heavy atom. The van der Waals surface area contributed by atoms with Crippen LogP contribution in [-0.4, -0.2) is 37.0 Å². The molecule has 14 heavy (non-hydrogen) atoms. The topological polar surface area (TPSA) is 56.1 Å². The minimum atomic E-state index is -0.290. The summed E-state index contributed by atoms with van der Waals surface area (Å²) in [5.41, 5.74) is 0.0780. The molecule has 1 fully saturated rings. The predicted molar refractivity (Wildman–Crippen MR) is 53.4 cm³/mol. The summed E-state index contributed by atoms with van der Waals surface area (Å²) in [7, 11) is 1.90. The molecule has 0 radical (unpaired) electrons. The highest BCUT2D eigenvalue weighted by Crippen LogP contribution is 2.20. The van der Waals surface area contributed by atoms with E-state index in [2.05, 4.69) is 25.2 Å². The number of nitrogens with one attached hydrogen (secondary N) is 1. The average molecular weight is 195 g/mol. The summed E-state index contributed by atoms with van der Waals surface area (Å²) in [6, 6.07) is 1.76. The highest BCUT2D eigenvalue weighted by atomic mass is 16.2. The minimum absolute atomic E-state index is 0.0281. The van der Waals surface area contributed by atoms with E-state index in [1.165, 1.54) is 0 Å². The van der Waals surface area contributed by atoms with Gasteiger partial charge < -0.3 is 5.32 Å². The van der Waals surface area contributed by atoms with Crippen LogP contribution in [0.2, 0.25) is 0 Å². The van der Waals surface area contributed by atoms with E-state index in [0.29, 0.717) is 6.54 Å². The van der Waals surface area contributed by atoms with Crippen LogP contribution in [0.3, 0.4) is 0 Å². The third-order valence-corrected chi connectivity index (χ3v) is 2.54. The summed E-state index contributed by atoms with van der Waals surface area (Å²) in [4.78, 5) is 13.6. The molecule has 0 aromatic rings. The van der Waals surface area contributed by atoms with E-state index in [4.69, 9.17) is 5.26 Å². The van der Waals surface area contributed by atoms with Gasteiger partial charge in [0.2, 0.25) is 5.91 Å². The quantitative estimate of drug-likeness (QED) is 0.657. The second-order valence-corrected chi connectivity index (χ2v) is 4.68. The third-order valence-electron chi connectivity index (χ3n) is 2.54. The number of amides is 1. The molecule has 4 heteroatoms. The van der Waals surface area contributed by atoms with E-state index in [1.807, 2.05) is 11.9 Å². The van der Waals surface area contributed by atoms with Crippen LogP contribution < -0.4 is 5.32 Å². The van der Waals surface area contributed by atoms with Crippen molar-refractivity contribution in [3.8, 4) is 6.07 Å². The molecule has 0 saturated carbocycles. The van der Waals surface area contributed by atoms with Crippen molar-refractivity contribution in [2.75, 3.05) is 20.1 Å². The molecule has 1 heterocycles. The highest BCUT2D eigenvalue weighted by molar-refractivity contribution is 5.82. The first kappa shape index (κ1) is 11.0. The smallest absolute Gasteiger partial charge is 0.238 e. The number of carbonyl (C=O) groups excluding carboxylic acids is 1. The van der Waals surface area contributed by atoms with Crippen molar-refractivity contribution in [2.45, 2.75) is 26.3 Å². The fraction of sp³-hybridized carbons (Fsp3) is 0.800. The van der Waals surface area contributed by atoms with Gasteiger partial charge in [0, 0.05) is 13.1 Å². The van der Waals surface area contributed by atoms with Gasteiger partial charge in [0.05, 0.1) is 12.5 Å². The molecule has 1 saturated heterocycles. The zero-order valence-electron chi connectivity index (χ0n) is 9.00. The van der Waals surface area contributed by atoms with Crippen LogP contribution in [0.15, 0.2) is 0 Å². The molecule has 0 aliphatic carbocycles. The molecular formula is C10H17N3O. The van der Waals surface area contributed by atoms with Gasteiger partial charge in [-0.3, -0.25) is 9.69 Å². The van der Waals surface area contributed by atoms with Crippen molar-refractivity contribution >= 4 is 5.91 Å². The van der Waals surface area contributed by atoms with E-state index >= 15 is 0 Å². The Bertz CT molecular complexity index is 267. The van der Waals surface area contributed by atoms with Crippen molar-refractivity contribution in [2.24, 2.45) is 5.41 Å². The van der Waals surface area contributed by atoms with Crippen LogP contribution in [0.4, 0.5) is 0 Å². The molecule has 1 aliphatic heterocycles. The number of nitrogens with zero attached hydrogens (tertiary/aromatic N) is 2. The molecule has 0 aromatic heterocycles. The van der Waals surface area contributed by atoms with Crippen LogP contribution in [-0.2, 0) is 4.79 Å². The Labute approximate surface area is 84.9 Å². The molecular weight excluding hydrogens is 178 g/mol. The van der Waals surface area contributed by atoms with Gasteiger partial charge in [-0.15, -0.1) is 0 Å². The molecule has 1 atom stereocenters. The zero-order valence-corrected chi connectivity index (χ0v) is 9.00. The first-order valence-electron chi connectivity index (χ1n) is 4.81. The lowest BCUT2D eigenvalue weighted by Gasteiger charge is -2.28. The lowest BCUT2D eigenvalue weighted by molar-refractivity contribution is -0.124. The van der Waals surface area contributed by atoms with Gasteiger partial charge >= 0.3 is 0 Å². The zero-order chi connectivity index (χ0) is 10.8. The first-order valence-corrected chi connectivity index (χ1v) is 4.81. The van der Waals surface area contributed by atoms with Crippen LogP contribution >= 0.6 is 0 Å². The summed E-state index contributed by atoms with van der Waals surface area (Å²) in [6.45, 7) is 5.73. The van der Waals surface area contributed by atoms with Crippen LogP contribution in [0.1, 0.15) is 20.3 Å². The molecule has 78 valence electrons. The number of likely N-dealkylation sites (N-methyl/N-ethyl adjacent to an activating group) is 1. The first-order chi connectivity index (χ1) is 6.46. The van der Waals surface area contributed by atoms with Gasteiger partial charge in [-0.25, -0.2) is 0 Å².